The summed E-state index contributed by atoms with van der Waals surface area (Å²) in [5.41, 5.74) is 3.69. The molecule has 1 N–H and O–H groups in total. The van der Waals surface area contributed by atoms with Gasteiger partial charge in [-0.05, 0) is 49.2 Å². The Kier molecular flexibility index (Phi) is 5.06. The lowest BCUT2D eigenvalue weighted by molar-refractivity contribution is 0.0695. The molecule has 4 heteroatoms. The largest absolute Gasteiger partial charge is 0.478 e. The summed E-state index contributed by atoms with van der Waals surface area (Å²) in [5.74, 6) is -0.864. The quantitative estimate of drug-likeness (QED) is 0.886. The van der Waals surface area contributed by atoms with Crippen LogP contribution in [0.5, 0.6) is 0 Å². The normalized spacial score (nSPS) is 10.8. The van der Waals surface area contributed by atoms with Crippen molar-refractivity contribution in [2.45, 2.75) is 19.9 Å². The van der Waals surface area contributed by atoms with Crippen molar-refractivity contribution in [2.75, 3.05) is 13.6 Å². The van der Waals surface area contributed by atoms with Gasteiger partial charge in [0.05, 0.1) is 5.56 Å². The Morgan fingerprint density at radius 1 is 1.24 bits per heavy atom. The van der Waals surface area contributed by atoms with Gasteiger partial charge in [-0.2, -0.15) is 0 Å². The molecule has 4 nitrogen and oxygen atoms in total. The minimum absolute atomic E-state index is 0.392. The SMILES string of the molecule is Cc1ccncc1CN(C)CCc1ccccc1C(=O)O. The molecule has 0 aliphatic heterocycles. The van der Waals surface area contributed by atoms with Crippen LogP contribution in [0.25, 0.3) is 0 Å². The first-order valence-electron chi connectivity index (χ1n) is 6.97. The highest BCUT2D eigenvalue weighted by Gasteiger charge is 2.10. The zero-order valence-corrected chi connectivity index (χ0v) is 12.4. The van der Waals surface area contributed by atoms with Crippen LogP contribution < -0.4 is 0 Å². The molecule has 2 aromatic rings. The number of carboxylic acid groups (broad SMARTS) is 1. The maximum atomic E-state index is 11.2. The monoisotopic (exact) mass is 284 g/mol. The average molecular weight is 284 g/mol. The van der Waals surface area contributed by atoms with Crippen LogP contribution in [-0.4, -0.2) is 34.6 Å². The predicted molar refractivity (Wildman–Crippen MR) is 82.4 cm³/mol. The topological polar surface area (TPSA) is 53.4 Å². The number of aromatic nitrogens is 1. The number of carboxylic acids is 1. The van der Waals surface area contributed by atoms with Crippen molar-refractivity contribution in [3.63, 3.8) is 0 Å². The van der Waals surface area contributed by atoms with Crippen LogP contribution in [-0.2, 0) is 13.0 Å². The number of aryl methyl sites for hydroxylation is 1. The van der Waals surface area contributed by atoms with E-state index in [0.29, 0.717) is 5.56 Å². The Balaban J connectivity index is 1.97. The molecule has 2 rings (SSSR count). The highest BCUT2D eigenvalue weighted by Crippen LogP contribution is 2.12. The Morgan fingerprint density at radius 2 is 2.00 bits per heavy atom. The van der Waals surface area contributed by atoms with Gasteiger partial charge in [0.25, 0.3) is 0 Å². The van der Waals surface area contributed by atoms with E-state index >= 15 is 0 Å². The van der Waals surface area contributed by atoms with Crippen molar-refractivity contribution in [2.24, 2.45) is 0 Å². The molecule has 0 unspecified atom stereocenters. The molecule has 0 radical (unpaired) electrons. The number of nitrogens with zero attached hydrogens (tertiary/aromatic N) is 2. The van der Waals surface area contributed by atoms with Gasteiger partial charge >= 0.3 is 5.97 Å². The number of likely N-dealkylation sites (N-methyl/N-ethyl adjacent to an activating group) is 1. The highest BCUT2D eigenvalue weighted by atomic mass is 16.4. The summed E-state index contributed by atoms with van der Waals surface area (Å²) in [4.78, 5) is 17.5. The van der Waals surface area contributed by atoms with Crippen molar-refractivity contribution in [3.8, 4) is 0 Å². The second kappa shape index (κ2) is 6.99. The van der Waals surface area contributed by atoms with E-state index in [4.69, 9.17) is 0 Å². The summed E-state index contributed by atoms with van der Waals surface area (Å²) in [6.07, 6.45) is 4.40. The molecule has 0 fully saturated rings. The smallest absolute Gasteiger partial charge is 0.335 e. The maximum absolute atomic E-state index is 11.2. The second-order valence-corrected chi connectivity index (χ2v) is 5.25. The summed E-state index contributed by atoms with van der Waals surface area (Å²) in [6.45, 7) is 3.69. The Bertz CT molecular complexity index is 626. The van der Waals surface area contributed by atoms with E-state index in [1.54, 1.807) is 18.3 Å². The lowest BCUT2D eigenvalue weighted by Gasteiger charge is -2.18. The minimum Gasteiger partial charge on any atom is -0.478 e. The fourth-order valence-corrected chi connectivity index (χ4v) is 2.29. The van der Waals surface area contributed by atoms with Crippen molar-refractivity contribution in [3.05, 3.63) is 65.0 Å². The van der Waals surface area contributed by atoms with E-state index in [1.165, 1.54) is 11.1 Å². The average Bonchev–Trinajstić information content (AvgIpc) is 2.48. The van der Waals surface area contributed by atoms with Gasteiger partial charge in [0.1, 0.15) is 0 Å². The van der Waals surface area contributed by atoms with Crippen LogP contribution in [0.3, 0.4) is 0 Å². The van der Waals surface area contributed by atoms with E-state index < -0.39 is 5.97 Å². The summed E-state index contributed by atoms with van der Waals surface area (Å²) >= 11 is 0. The third-order valence-corrected chi connectivity index (χ3v) is 3.60. The van der Waals surface area contributed by atoms with E-state index in [0.717, 1.165) is 25.1 Å². The molecule has 1 heterocycles. The number of aromatic carboxylic acids is 1. The number of rotatable bonds is 6. The van der Waals surface area contributed by atoms with Crippen LogP contribution in [0, 0.1) is 6.92 Å². The Hall–Kier alpha value is -2.20. The first-order chi connectivity index (χ1) is 10.1. The Morgan fingerprint density at radius 3 is 2.71 bits per heavy atom. The fourth-order valence-electron chi connectivity index (χ4n) is 2.29. The van der Waals surface area contributed by atoms with E-state index in [-0.39, 0.29) is 0 Å². The van der Waals surface area contributed by atoms with Crippen LogP contribution in [0.4, 0.5) is 0 Å². The van der Waals surface area contributed by atoms with Crippen LogP contribution >= 0.6 is 0 Å². The number of pyridine rings is 1. The summed E-state index contributed by atoms with van der Waals surface area (Å²) in [7, 11) is 2.04. The summed E-state index contributed by atoms with van der Waals surface area (Å²) in [6, 6.07) is 9.18. The van der Waals surface area contributed by atoms with E-state index in [9.17, 15) is 9.90 Å². The molecule has 1 aromatic carbocycles. The predicted octanol–water partition coefficient (Wildman–Crippen LogP) is 2.76. The fraction of sp³-hybridized carbons (Fsp3) is 0.294. The Labute approximate surface area is 125 Å². The third-order valence-electron chi connectivity index (χ3n) is 3.60. The second-order valence-electron chi connectivity index (χ2n) is 5.25. The molecule has 0 bridgehead atoms. The molecule has 0 atom stereocenters. The zero-order valence-electron chi connectivity index (χ0n) is 12.4. The molecule has 21 heavy (non-hydrogen) atoms. The van der Waals surface area contributed by atoms with Crippen LogP contribution in [0.1, 0.15) is 27.0 Å². The van der Waals surface area contributed by atoms with E-state index in [1.807, 2.05) is 31.4 Å². The molecule has 1 aromatic heterocycles. The van der Waals surface area contributed by atoms with Crippen molar-refractivity contribution in [1.29, 1.82) is 0 Å². The molecule has 0 aliphatic carbocycles. The van der Waals surface area contributed by atoms with Gasteiger partial charge in [-0.3, -0.25) is 4.98 Å². The van der Waals surface area contributed by atoms with Gasteiger partial charge in [-0.15, -0.1) is 0 Å². The van der Waals surface area contributed by atoms with Gasteiger partial charge in [0.15, 0.2) is 0 Å². The van der Waals surface area contributed by atoms with E-state index in [2.05, 4.69) is 16.8 Å². The molecule has 0 spiro atoms. The number of carbonyl (C=O) groups is 1. The molecule has 0 saturated heterocycles. The zero-order chi connectivity index (χ0) is 15.2. The number of hydrogen-bond donors (Lipinski definition) is 1. The lowest BCUT2D eigenvalue weighted by atomic mass is 10.0. The third kappa shape index (κ3) is 4.13. The lowest BCUT2D eigenvalue weighted by Crippen LogP contribution is -2.22. The molecule has 110 valence electrons. The number of benzene rings is 1. The van der Waals surface area contributed by atoms with Gasteiger partial charge in [-0.1, -0.05) is 18.2 Å². The van der Waals surface area contributed by atoms with Crippen LogP contribution in [0.2, 0.25) is 0 Å². The first kappa shape index (κ1) is 15.2. The van der Waals surface area contributed by atoms with Gasteiger partial charge in [0.2, 0.25) is 0 Å². The standard InChI is InChI=1S/C17H20N2O2/c1-13-7-9-18-11-15(13)12-19(2)10-8-14-5-3-4-6-16(14)17(20)21/h3-7,9,11H,8,10,12H2,1-2H3,(H,20,21). The van der Waals surface area contributed by atoms with Gasteiger partial charge in [-0.25, -0.2) is 4.79 Å². The molecule has 0 amide bonds. The van der Waals surface area contributed by atoms with Gasteiger partial charge < -0.3 is 10.0 Å². The van der Waals surface area contributed by atoms with Crippen molar-refractivity contribution < 1.29 is 9.90 Å². The summed E-state index contributed by atoms with van der Waals surface area (Å²) < 4.78 is 0. The van der Waals surface area contributed by atoms with Crippen molar-refractivity contribution >= 4 is 5.97 Å². The molecular formula is C17H20N2O2. The number of hydrogen-bond acceptors (Lipinski definition) is 3. The van der Waals surface area contributed by atoms with Crippen LogP contribution in [0.15, 0.2) is 42.7 Å². The molecule has 0 saturated carbocycles. The summed E-state index contributed by atoms with van der Waals surface area (Å²) in [5, 5.41) is 9.18. The maximum Gasteiger partial charge on any atom is 0.335 e. The molecular weight excluding hydrogens is 264 g/mol. The van der Waals surface area contributed by atoms with Gasteiger partial charge in [0, 0.05) is 25.5 Å². The first-order valence-corrected chi connectivity index (χ1v) is 6.97. The van der Waals surface area contributed by atoms with Crippen molar-refractivity contribution in [1.82, 2.24) is 9.88 Å². The minimum atomic E-state index is -0.864. The molecule has 0 aliphatic rings. The highest BCUT2D eigenvalue weighted by molar-refractivity contribution is 5.89.